The average Bonchev–Trinajstić information content (AvgIpc) is 2.77. The normalized spacial score (nSPS) is 10.6. The number of halogens is 2. The molecule has 3 aromatic carbocycles. The summed E-state index contributed by atoms with van der Waals surface area (Å²) < 4.78 is 38.0. The average molecular weight is 435 g/mol. The van der Waals surface area contributed by atoms with Gasteiger partial charge in [-0.1, -0.05) is 0 Å². The van der Waals surface area contributed by atoms with Gasteiger partial charge < -0.3 is 20.1 Å². The van der Waals surface area contributed by atoms with E-state index in [2.05, 4.69) is 15.6 Å². The molecule has 2 N–H and O–H groups in total. The Morgan fingerprint density at radius 1 is 0.938 bits per heavy atom. The minimum Gasteiger partial charge on any atom is -0.496 e. The fourth-order valence-electron chi connectivity index (χ4n) is 3.17. The lowest BCUT2D eigenvalue weighted by atomic mass is 10.1. The van der Waals surface area contributed by atoms with Crippen molar-refractivity contribution in [2.75, 3.05) is 17.7 Å². The third-order valence-corrected chi connectivity index (χ3v) is 4.74. The van der Waals surface area contributed by atoms with E-state index in [4.69, 9.17) is 9.47 Å². The van der Waals surface area contributed by atoms with Crippen LogP contribution in [0.4, 0.5) is 25.0 Å². The quantitative estimate of drug-likeness (QED) is 0.388. The van der Waals surface area contributed by atoms with Crippen molar-refractivity contribution < 1.29 is 23.0 Å². The molecule has 0 atom stereocenters. The van der Waals surface area contributed by atoms with Gasteiger partial charge in [0, 0.05) is 29.4 Å². The summed E-state index contributed by atoms with van der Waals surface area (Å²) in [6.07, 6.45) is 1.65. The van der Waals surface area contributed by atoms with E-state index in [1.807, 2.05) is 19.1 Å². The van der Waals surface area contributed by atoms with E-state index in [0.717, 1.165) is 34.3 Å². The van der Waals surface area contributed by atoms with E-state index in [1.54, 1.807) is 43.6 Å². The molecule has 0 unspecified atom stereocenters. The predicted molar refractivity (Wildman–Crippen MR) is 119 cm³/mol. The highest BCUT2D eigenvalue weighted by molar-refractivity contribution is 5.99. The molecule has 0 spiro atoms. The fraction of sp³-hybridized carbons (Fsp3) is 0.0833. The maximum absolute atomic E-state index is 13.7. The summed E-state index contributed by atoms with van der Waals surface area (Å²) in [5.74, 6) is 0.352. The zero-order valence-electron chi connectivity index (χ0n) is 17.3. The van der Waals surface area contributed by atoms with Crippen LogP contribution in [0.2, 0.25) is 0 Å². The molecule has 162 valence electrons. The number of fused-ring (bicyclic) bond motifs is 1. The molecule has 0 bridgehead atoms. The Labute approximate surface area is 182 Å². The molecule has 2 amide bonds. The summed E-state index contributed by atoms with van der Waals surface area (Å²) in [6.45, 7) is 1.94. The van der Waals surface area contributed by atoms with Crippen LogP contribution in [0.15, 0.2) is 66.9 Å². The first-order valence-electron chi connectivity index (χ1n) is 9.67. The minimum absolute atomic E-state index is 0.125. The summed E-state index contributed by atoms with van der Waals surface area (Å²) in [5, 5.41) is 5.76. The molecule has 0 saturated carbocycles. The topological polar surface area (TPSA) is 72.5 Å². The highest BCUT2D eigenvalue weighted by atomic mass is 19.1. The first-order valence-corrected chi connectivity index (χ1v) is 9.67. The highest BCUT2D eigenvalue weighted by Crippen LogP contribution is 2.33. The third-order valence-electron chi connectivity index (χ3n) is 4.74. The van der Waals surface area contributed by atoms with Crippen molar-refractivity contribution in [2.45, 2.75) is 6.92 Å². The summed E-state index contributed by atoms with van der Waals surface area (Å²) in [4.78, 5) is 16.5. The molecule has 0 fully saturated rings. The largest absolute Gasteiger partial charge is 0.496 e. The molecule has 0 aliphatic carbocycles. The Bertz CT molecular complexity index is 1290. The molecule has 4 rings (SSSR count). The maximum Gasteiger partial charge on any atom is 0.323 e. The summed E-state index contributed by atoms with van der Waals surface area (Å²) in [7, 11) is 1.61. The molecule has 0 saturated heterocycles. The van der Waals surface area contributed by atoms with E-state index in [9.17, 15) is 13.6 Å². The van der Waals surface area contributed by atoms with Crippen LogP contribution >= 0.6 is 0 Å². The van der Waals surface area contributed by atoms with E-state index in [1.165, 1.54) is 0 Å². The summed E-state index contributed by atoms with van der Waals surface area (Å²) >= 11 is 0. The number of carbonyl (C=O) groups excluding carboxylic acids is 1. The SMILES string of the molecule is COc1cc2nccc(Oc3ccc(NC(=O)Nc4ccc(F)cc4F)cc3)c2cc1C. The van der Waals surface area contributed by atoms with Crippen LogP contribution in [0, 0.1) is 18.6 Å². The van der Waals surface area contributed by atoms with Gasteiger partial charge in [-0.2, -0.15) is 0 Å². The predicted octanol–water partition coefficient (Wildman–Crippen LogP) is 6.27. The smallest absolute Gasteiger partial charge is 0.323 e. The molecule has 0 aliphatic rings. The third kappa shape index (κ3) is 4.59. The van der Waals surface area contributed by atoms with Crippen LogP contribution < -0.4 is 20.1 Å². The number of aromatic nitrogens is 1. The van der Waals surface area contributed by atoms with Crippen LogP contribution in [0.25, 0.3) is 10.9 Å². The van der Waals surface area contributed by atoms with Gasteiger partial charge in [-0.05, 0) is 61.0 Å². The van der Waals surface area contributed by atoms with Gasteiger partial charge in [-0.25, -0.2) is 13.6 Å². The molecular formula is C24H19F2N3O3. The molecule has 8 heteroatoms. The van der Waals surface area contributed by atoms with E-state index >= 15 is 0 Å². The number of rotatable bonds is 5. The molecule has 4 aromatic rings. The number of ether oxygens (including phenoxy) is 2. The second-order valence-electron chi connectivity index (χ2n) is 6.98. The number of pyridine rings is 1. The Hall–Kier alpha value is -4.20. The number of urea groups is 1. The first kappa shape index (κ1) is 21.0. The molecule has 0 aliphatic heterocycles. The van der Waals surface area contributed by atoms with Crippen LogP contribution in [-0.2, 0) is 0 Å². The summed E-state index contributed by atoms with van der Waals surface area (Å²) in [6, 6.07) is 14.5. The van der Waals surface area contributed by atoms with Gasteiger partial charge in [0.2, 0.25) is 0 Å². The number of carbonyl (C=O) groups is 1. The van der Waals surface area contributed by atoms with Gasteiger partial charge in [0.05, 0.1) is 18.3 Å². The zero-order chi connectivity index (χ0) is 22.7. The Balaban J connectivity index is 1.46. The van der Waals surface area contributed by atoms with Crippen molar-refractivity contribution in [1.29, 1.82) is 0 Å². The standard InChI is InChI=1S/C24H19F2N3O3/c1-14-11-18-21(13-23(14)31-2)27-10-9-22(18)32-17-6-4-16(5-7-17)28-24(30)29-20-8-3-15(25)12-19(20)26/h3-13H,1-2H3,(H2,28,29,30). The van der Waals surface area contributed by atoms with Crippen LogP contribution in [0.1, 0.15) is 5.56 Å². The number of benzene rings is 3. The van der Waals surface area contributed by atoms with E-state index < -0.39 is 17.7 Å². The van der Waals surface area contributed by atoms with Crippen molar-refractivity contribution in [3.8, 4) is 17.2 Å². The fourth-order valence-corrected chi connectivity index (χ4v) is 3.17. The van der Waals surface area contributed by atoms with Gasteiger partial charge in [0.1, 0.15) is 28.9 Å². The lowest BCUT2D eigenvalue weighted by Gasteiger charge is -2.12. The number of methoxy groups -OCH3 is 1. The number of aryl methyl sites for hydroxylation is 1. The first-order chi connectivity index (χ1) is 15.4. The van der Waals surface area contributed by atoms with Crippen LogP contribution in [-0.4, -0.2) is 18.1 Å². The van der Waals surface area contributed by atoms with Crippen LogP contribution in [0.5, 0.6) is 17.2 Å². The van der Waals surface area contributed by atoms with Crippen molar-refractivity contribution in [3.05, 3.63) is 84.1 Å². The Morgan fingerprint density at radius 3 is 2.44 bits per heavy atom. The number of nitrogens with one attached hydrogen (secondary N) is 2. The molecule has 1 heterocycles. The van der Waals surface area contributed by atoms with E-state index in [-0.39, 0.29) is 5.69 Å². The van der Waals surface area contributed by atoms with Crippen molar-refractivity contribution in [3.63, 3.8) is 0 Å². The molecule has 32 heavy (non-hydrogen) atoms. The molecule has 1 aromatic heterocycles. The Morgan fingerprint density at radius 2 is 1.72 bits per heavy atom. The summed E-state index contributed by atoms with van der Waals surface area (Å²) in [5.41, 5.74) is 2.05. The second kappa shape index (κ2) is 8.89. The lowest BCUT2D eigenvalue weighted by molar-refractivity contribution is 0.262. The lowest BCUT2D eigenvalue weighted by Crippen LogP contribution is -2.20. The number of amides is 2. The monoisotopic (exact) mass is 435 g/mol. The van der Waals surface area contributed by atoms with Gasteiger partial charge in [0.15, 0.2) is 0 Å². The molecule has 0 radical (unpaired) electrons. The van der Waals surface area contributed by atoms with Gasteiger partial charge >= 0.3 is 6.03 Å². The van der Waals surface area contributed by atoms with Crippen molar-refractivity contribution >= 4 is 28.3 Å². The van der Waals surface area contributed by atoms with Crippen molar-refractivity contribution in [2.24, 2.45) is 0 Å². The van der Waals surface area contributed by atoms with Gasteiger partial charge in [0.25, 0.3) is 0 Å². The van der Waals surface area contributed by atoms with E-state index in [0.29, 0.717) is 23.3 Å². The number of anilines is 2. The minimum atomic E-state index is -0.860. The number of hydrogen-bond donors (Lipinski definition) is 2. The molecule has 6 nitrogen and oxygen atoms in total. The highest BCUT2D eigenvalue weighted by Gasteiger charge is 2.10. The zero-order valence-corrected chi connectivity index (χ0v) is 17.3. The van der Waals surface area contributed by atoms with Gasteiger partial charge in [-0.15, -0.1) is 0 Å². The maximum atomic E-state index is 13.7. The van der Waals surface area contributed by atoms with Gasteiger partial charge in [-0.3, -0.25) is 4.98 Å². The second-order valence-corrected chi connectivity index (χ2v) is 6.98. The number of hydrogen-bond acceptors (Lipinski definition) is 4. The molecular weight excluding hydrogens is 416 g/mol. The number of nitrogens with zero attached hydrogens (tertiary/aromatic N) is 1. The van der Waals surface area contributed by atoms with Crippen molar-refractivity contribution in [1.82, 2.24) is 4.98 Å². The Kier molecular flexibility index (Phi) is 5.85. The van der Waals surface area contributed by atoms with Crippen LogP contribution in [0.3, 0.4) is 0 Å².